The predicted molar refractivity (Wildman–Crippen MR) is 79.0 cm³/mol. The molecule has 0 spiro atoms. The zero-order valence-corrected chi connectivity index (χ0v) is 12.3. The third-order valence-electron chi connectivity index (χ3n) is 4.82. The molecule has 0 saturated carbocycles. The molecule has 2 atom stereocenters. The Morgan fingerprint density at radius 1 is 1.27 bits per heavy atom. The van der Waals surface area contributed by atoms with Crippen LogP contribution in [-0.4, -0.2) is 63.7 Å². The van der Waals surface area contributed by atoms with Gasteiger partial charge in [0.2, 0.25) is 5.91 Å². The maximum absolute atomic E-state index is 12.7. The molecular weight excluding hydrogens is 282 g/mol. The summed E-state index contributed by atoms with van der Waals surface area (Å²) in [6, 6.07) is 5.30. The van der Waals surface area contributed by atoms with E-state index in [1.54, 1.807) is 28.0 Å². The minimum Gasteiger partial charge on any atom is -0.345 e. The van der Waals surface area contributed by atoms with Crippen LogP contribution in [-0.2, 0) is 4.79 Å². The fourth-order valence-electron chi connectivity index (χ4n) is 3.52. The van der Waals surface area contributed by atoms with Gasteiger partial charge < -0.3 is 9.80 Å². The van der Waals surface area contributed by atoms with Crippen molar-refractivity contribution in [3.63, 3.8) is 0 Å². The lowest BCUT2D eigenvalue weighted by molar-refractivity contribution is -0.137. The third kappa shape index (κ3) is 1.96. The third-order valence-corrected chi connectivity index (χ3v) is 4.82. The molecule has 22 heavy (non-hydrogen) atoms. The molecule has 2 aliphatic heterocycles. The number of nitrogens with one attached hydrogen (secondary N) is 1. The second-order valence-corrected chi connectivity index (χ2v) is 6.15. The second kappa shape index (κ2) is 4.79. The van der Waals surface area contributed by atoms with Gasteiger partial charge in [-0.2, -0.15) is 15.4 Å². The van der Waals surface area contributed by atoms with Crippen LogP contribution in [0.3, 0.4) is 0 Å². The highest BCUT2D eigenvalue weighted by Gasteiger charge is 2.43. The highest BCUT2D eigenvalue weighted by molar-refractivity contribution is 5.98. The monoisotopic (exact) mass is 299 g/mol. The summed E-state index contributed by atoms with van der Waals surface area (Å²) in [7, 11) is 1.83. The Bertz CT molecular complexity index is 755. The van der Waals surface area contributed by atoms with E-state index >= 15 is 0 Å². The van der Waals surface area contributed by atoms with Gasteiger partial charge in [-0.1, -0.05) is 0 Å². The van der Waals surface area contributed by atoms with Gasteiger partial charge in [0.1, 0.15) is 11.0 Å². The summed E-state index contributed by atoms with van der Waals surface area (Å²) in [6.07, 6.45) is 0.971. The Labute approximate surface area is 127 Å². The van der Waals surface area contributed by atoms with Crippen LogP contribution in [0.15, 0.2) is 18.2 Å². The van der Waals surface area contributed by atoms with Gasteiger partial charge in [0, 0.05) is 32.2 Å². The molecule has 0 bridgehead atoms. The van der Waals surface area contributed by atoms with Crippen molar-refractivity contribution in [1.82, 2.24) is 25.2 Å². The Hall–Kier alpha value is -2.44. The first-order valence-corrected chi connectivity index (χ1v) is 7.48. The van der Waals surface area contributed by atoms with Crippen molar-refractivity contribution in [3.8, 4) is 0 Å². The second-order valence-electron chi connectivity index (χ2n) is 6.15. The number of piperidine rings is 1. The fraction of sp³-hybridized carbons (Fsp3) is 0.467. The van der Waals surface area contributed by atoms with E-state index in [-0.39, 0.29) is 17.7 Å². The van der Waals surface area contributed by atoms with E-state index in [0.717, 1.165) is 18.5 Å². The van der Waals surface area contributed by atoms with Crippen molar-refractivity contribution in [2.75, 3.05) is 26.7 Å². The van der Waals surface area contributed by atoms with E-state index in [1.165, 1.54) is 0 Å². The van der Waals surface area contributed by atoms with Crippen molar-refractivity contribution in [2.45, 2.75) is 6.42 Å². The number of hydrogen-bond donors (Lipinski definition) is 1. The van der Waals surface area contributed by atoms with E-state index in [9.17, 15) is 9.59 Å². The molecule has 1 aromatic heterocycles. The number of likely N-dealkylation sites (tertiary alicyclic amines) is 2. The lowest BCUT2D eigenvalue weighted by Gasteiger charge is -2.30. The quantitative estimate of drug-likeness (QED) is 0.831. The molecule has 2 aliphatic rings. The Balaban J connectivity index is 1.57. The maximum atomic E-state index is 12.7. The molecule has 2 amide bonds. The van der Waals surface area contributed by atoms with Crippen LogP contribution in [0, 0.1) is 11.8 Å². The first kappa shape index (κ1) is 13.2. The number of rotatable bonds is 1. The van der Waals surface area contributed by atoms with Gasteiger partial charge in [0.15, 0.2) is 0 Å². The molecule has 7 nitrogen and oxygen atoms in total. The Kier molecular flexibility index (Phi) is 2.88. The van der Waals surface area contributed by atoms with Gasteiger partial charge in [-0.15, -0.1) is 0 Å². The van der Waals surface area contributed by atoms with E-state index < -0.39 is 0 Å². The largest absolute Gasteiger partial charge is 0.345 e. The molecule has 7 heteroatoms. The number of carbonyl (C=O) groups is 2. The van der Waals surface area contributed by atoms with Gasteiger partial charge in [-0.3, -0.25) is 9.59 Å². The average molecular weight is 299 g/mol. The van der Waals surface area contributed by atoms with Gasteiger partial charge in [-0.05, 0) is 30.5 Å². The molecule has 0 aliphatic carbocycles. The lowest BCUT2D eigenvalue weighted by Crippen LogP contribution is -2.42. The standard InChI is InChI=1S/C15H17N5O2/c1-19-5-4-10-7-20(8-11(10)15(19)22)14(21)9-2-3-12-13(6-9)17-18-16-12/h2-3,6,10-11H,4-5,7-8H2,1H3,(H,16,17,18)/t10-,11+/m1/s1. The molecule has 4 rings (SSSR count). The van der Waals surface area contributed by atoms with E-state index in [4.69, 9.17) is 0 Å². The van der Waals surface area contributed by atoms with E-state index in [0.29, 0.717) is 30.1 Å². The fourth-order valence-corrected chi connectivity index (χ4v) is 3.52. The number of hydrogen-bond acceptors (Lipinski definition) is 4. The number of benzene rings is 1. The highest BCUT2D eigenvalue weighted by Crippen LogP contribution is 2.32. The van der Waals surface area contributed by atoms with Crippen LogP contribution in [0.25, 0.3) is 11.0 Å². The zero-order chi connectivity index (χ0) is 15.3. The molecule has 0 radical (unpaired) electrons. The molecule has 2 aromatic rings. The van der Waals surface area contributed by atoms with Crippen LogP contribution in [0.1, 0.15) is 16.8 Å². The van der Waals surface area contributed by atoms with E-state index in [1.807, 2.05) is 7.05 Å². The number of nitrogens with zero attached hydrogens (tertiary/aromatic N) is 4. The Morgan fingerprint density at radius 2 is 2.09 bits per heavy atom. The number of carbonyl (C=O) groups excluding carboxylic acids is 2. The molecule has 1 N–H and O–H groups in total. The number of H-pyrrole nitrogens is 1. The number of fused-ring (bicyclic) bond motifs is 2. The van der Waals surface area contributed by atoms with Gasteiger partial charge in [0.05, 0.1) is 5.92 Å². The minimum atomic E-state index is -0.0431. The van der Waals surface area contributed by atoms with E-state index in [2.05, 4.69) is 15.4 Å². The topological polar surface area (TPSA) is 82.2 Å². The molecule has 0 unspecified atom stereocenters. The van der Waals surface area contributed by atoms with Crippen LogP contribution >= 0.6 is 0 Å². The van der Waals surface area contributed by atoms with Crippen LogP contribution in [0.5, 0.6) is 0 Å². The van der Waals surface area contributed by atoms with Crippen LogP contribution < -0.4 is 0 Å². The summed E-state index contributed by atoms with van der Waals surface area (Å²) in [4.78, 5) is 28.5. The molecule has 2 fully saturated rings. The zero-order valence-electron chi connectivity index (χ0n) is 12.3. The van der Waals surface area contributed by atoms with Crippen LogP contribution in [0.4, 0.5) is 0 Å². The van der Waals surface area contributed by atoms with Crippen molar-refractivity contribution in [2.24, 2.45) is 11.8 Å². The maximum Gasteiger partial charge on any atom is 0.253 e. The molecule has 2 saturated heterocycles. The summed E-state index contributed by atoms with van der Waals surface area (Å²) >= 11 is 0. The number of aromatic amines is 1. The first-order chi connectivity index (χ1) is 10.6. The summed E-state index contributed by atoms with van der Waals surface area (Å²) in [5, 5.41) is 10.5. The summed E-state index contributed by atoms with van der Waals surface area (Å²) < 4.78 is 0. The molecule has 3 heterocycles. The average Bonchev–Trinajstić information content (AvgIpc) is 3.16. The summed E-state index contributed by atoms with van der Waals surface area (Å²) in [5.74, 6) is 0.384. The molecule has 114 valence electrons. The number of amides is 2. The summed E-state index contributed by atoms with van der Waals surface area (Å²) in [6.45, 7) is 1.97. The van der Waals surface area contributed by atoms with Crippen LogP contribution in [0.2, 0.25) is 0 Å². The number of aromatic nitrogens is 3. The van der Waals surface area contributed by atoms with Crippen molar-refractivity contribution in [1.29, 1.82) is 0 Å². The minimum absolute atomic E-state index is 0.0326. The van der Waals surface area contributed by atoms with Gasteiger partial charge >= 0.3 is 0 Å². The van der Waals surface area contributed by atoms with Crippen molar-refractivity contribution < 1.29 is 9.59 Å². The molecular formula is C15H17N5O2. The normalized spacial score (nSPS) is 24.9. The molecule has 1 aromatic carbocycles. The SMILES string of the molecule is CN1CC[C@@H]2CN(C(=O)c3ccc4n[nH]nc4c3)C[C@@H]2C1=O. The predicted octanol–water partition coefficient (Wildman–Crippen LogP) is 0.508. The first-order valence-electron chi connectivity index (χ1n) is 7.48. The van der Waals surface area contributed by atoms with Crippen molar-refractivity contribution >= 4 is 22.8 Å². The Morgan fingerprint density at radius 3 is 2.95 bits per heavy atom. The summed E-state index contributed by atoms with van der Waals surface area (Å²) in [5.41, 5.74) is 2.02. The smallest absolute Gasteiger partial charge is 0.253 e. The van der Waals surface area contributed by atoms with Gasteiger partial charge in [-0.25, -0.2) is 0 Å². The lowest BCUT2D eigenvalue weighted by atomic mass is 9.88. The van der Waals surface area contributed by atoms with Gasteiger partial charge in [0.25, 0.3) is 5.91 Å². The van der Waals surface area contributed by atoms with Crippen molar-refractivity contribution in [3.05, 3.63) is 23.8 Å². The highest BCUT2D eigenvalue weighted by atomic mass is 16.2.